The summed E-state index contributed by atoms with van der Waals surface area (Å²) in [6, 6.07) is 21.2. The van der Waals surface area contributed by atoms with Crippen molar-refractivity contribution in [3.8, 4) is 5.75 Å². The number of carbonyl (C=O) groups excluding carboxylic acids is 2. The van der Waals surface area contributed by atoms with Crippen LogP contribution in [-0.2, 0) is 17.8 Å². The van der Waals surface area contributed by atoms with E-state index >= 15 is 0 Å². The van der Waals surface area contributed by atoms with Gasteiger partial charge in [0.05, 0.1) is 0 Å². The summed E-state index contributed by atoms with van der Waals surface area (Å²) in [6.45, 7) is 2.51. The second-order valence-electron chi connectivity index (χ2n) is 9.12. The first kappa shape index (κ1) is 25.8. The number of aryl methyl sites for hydroxylation is 1. The molecule has 0 spiro atoms. The fraction of sp³-hybridized carbons (Fsp3) is 0.100. The van der Waals surface area contributed by atoms with E-state index in [1.54, 1.807) is 24.4 Å². The number of hydrogen-bond acceptors (Lipinski definition) is 6. The van der Waals surface area contributed by atoms with Gasteiger partial charge in [0.2, 0.25) is 0 Å². The zero-order valence-electron chi connectivity index (χ0n) is 21.2. The zero-order valence-corrected chi connectivity index (χ0v) is 21.2. The van der Waals surface area contributed by atoms with E-state index in [2.05, 4.69) is 51.8 Å². The van der Waals surface area contributed by atoms with Gasteiger partial charge in [-0.15, -0.1) is 0 Å². The van der Waals surface area contributed by atoms with E-state index in [9.17, 15) is 9.59 Å². The molecule has 0 bridgehead atoms. The predicted molar refractivity (Wildman–Crippen MR) is 151 cm³/mol. The molecular weight excluding hydrogens is 491 g/mol. The number of nitrogens with zero attached hydrogens (tertiary/aromatic N) is 2. The molecule has 0 saturated heterocycles. The molecule has 2 heterocycles. The van der Waals surface area contributed by atoms with Gasteiger partial charge in [-0.05, 0) is 59.5 Å². The van der Waals surface area contributed by atoms with Crippen LogP contribution in [0.1, 0.15) is 32.7 Å². The third-order valence-corrected chi connectivity index (χ3v) is 6.46. The SMILES string of the molecule is [B]c1cnn2c1CC=C(c1ccccc1C)C=C2NCc1cccc(NC(=O)C(=O)c2cccc(OO)c2)c1. The maximum absolute atomic E-state index is 12.6. The molecule has 192 valence electrons. The molecule has 1 amide bonds. The number of fused-ring (bicyclic) bond motifs is 1. The van der Waals surface area contributed by atoms with Crippen molar-refractivity contribution in [2.24, 2.45) is 0 Å². The van der Waals surface area contributed by atoms with Crippen molar-refractivity contribution in [1.82, 2.24) is 15.1 Å². The third-order valence-electron chi connectivity index (χ3n) is 6.46. The van der Waals surface area contributed by atoms with Crippen molar-refractivity contribution < 1.29 is 19.7 Å². The Morgan fingerprint density at radius 2 is 1.90 bits per heavy atom. The van der Waals surface area contributed by atoms with Gasteiger partial charge in [0.15, 0.2) is 5.75 Å². The van der Waals surface area contributed by atoms with Crippen LogP contribution in [-0.4, -0.2) is 34.6 Å². The minimum absolute atomic E-state index is 0.0667. The molecule has 9 heteroatoms. The molecule has 0 unspecified atom stereocenters. The molecule has 0 atom stereocenters. The lowest BCUT2D eigenvalue weighted by Gasteiger charge is -2.15. The van der Waals surface area contributed by atoms with Crippen LogP contribution < -0.4 is 21.0 Å². The number of aromatic nitrogens is 2. The molecule has 8 nitrogen and oxygen atoms in total. The number of carbonyl (C=O) groups is 2. The lowest BCUT2D eigenvalue weighted by molar-refractivity contribution is -0.137. The number of rotatable bonds is 8. The Morgan fingerprint density at radius 1 is 1.08 bits per heavy atom. The van der Waals surface area contributed by atoms with Gasteiger partial charge in [-0.3, -0.25) is 9.59 Å². The molecule has 0 fully saturated rings. The van der Waals surface area contributed by atoms with Gasteiger partial charge in [0.1, 0.15) is 13.7 Å². The van der Waals surface area contributed by atoms with Gasteiger partial charge in [0.25, 0.3) is 11.7 Å². The van der Waals surface area contributed by atoms with Crippen molar-refractivity contribution in [2.45, 2.75) is 19.9 Å². The summed E-state index contributed by atoms with van der Waals surface area (Å²) in [5, 5.41) is 19.4. The van der Waals surface area contributed by atoms with Crippen molar-refractivity contribution in [3.63, 3.8) is 0 Å². The molecule has 1 aliphatic rings. The molecule has 39 heavy (non-hydrogen) atoms. The van der Waals surface area contributed by atoms with Crippen LogP contribution in [0.5, 0.6) is 5.75 Å². The Hall–Kier alpha value is -4.89. The van der Waals surface area contributed by atoms with E-state index < -0.39 is 11.7 Å². The van der Waals surface area contributed by atoms with Crippen molar-refractivity contribution in [3.05, 3.63) is 119 Å². The minimum atomic E-state index is -0.800. The van der Waals surface area contributed by atoms with Gasteiger partial charge in [-0.25, -0.2) is 9.94 Å². The molecule has 2 radical (unpaired) electrons. The van der Waals surface area contributed by atoms with Crippen LogP contribution in [0.3, 0.4) is 0 Å². The van der Waals surface area contributed by atoms with Crippen LogP contribution >= 0.6 is 0 Å². The number of ketones is 1. The monoisotopic (exact) mass is 516 g/mol. The first-order valence-electron chi connectivity index (χ1n) is 12.3. The van der Waals surface area contributed by atoms with Crippen LogP contribution in [0, 0.1) is 6.92 Å². The first-order chi connectivity index (χ1) is 18.9. The number of amides is 1. The molecule has 0 saturated carbocycles. The Labute approximate surface area is 227 Å². The standard InChI is InChI=1S/C30H25BN4O4/c1-19-6-2-3-11-25(19)21-12-13-27-26(31)18-33-35(27)28(16-21)32-17-20-7-4-9-23(14-20)34-30(37)29(36)22-8-5-10-24(15-22)39-38/h2-12,14-16,18,32,38H,13,17H2,1H3,(H,34,37). The van der Waals surface area contributed by atoms with E-state index in [1.165, 1.54) is 29.8 Å². The molecule has 1 aliphatic heterocycles. The van der Waals surface area contributed by atoms with Crippen LogP contribution in [0.4, 0.5) is 5.69 Å². The summed E-state index contributed by atoms with van der Waals surface area (Å²) in [4.78, 5) is 29.3. The highest BCUT2D eigenvalue weighted by atomic mass is 17.1. The van der Waals surface area contributed by atoms with E-state index in [0.717, 1.165) is 28.2 Å². The van der Waals surface area contributed by atoms with Crippen LogP contribution in [0.2, 0.25) is 0 Å². The summed E-state index contributed by atoms with van der Waals surface area (Å²) in [5.74, 6) is -0.715. The zero-order chi connectivity index (χ0) is 27.4. The lowest BCUT2D eigenvalue weighted by atomic mass is 9.94. The summed E-state index contributed by atoms with van der Waals surface area (Å²) < 4.78 is 1.81. The van der Waals surface area contributed by atoms with Gasteiger partial charge in [-0.1, -0.05) is 60.1 Å². The van der Waals surface area contributed by atoms with E-state index in [1.807, 2.05) is 22.9 Å². The number of allylic oxidation sites excluding steroid dienone is 3. The van der Waals surface area contributed by atoms with Gasteiger partial charge < -0.3 is 15.5 Å². The fourth-order valence-electron chi connectivity index (χ4n) is 4.45. The van der Waals surface area contributed by atoms with Gasteiger partial charge >= 0.3 is 0 Å². The maximum atomic E-state index is 12.6. The first-order valence-corrected chi connectivity index (χ1v) is 12.3. The number of benzene rings is 3. The molecule has 4 aromatic rings. The Kier molecular flexibility index (Phi) is 7.42. The number of Topliss-reactive ketones (excluding diaryl/α,β-unsaturated/α-hetero) is 1. The predicted octanol–water partition coefficient (Wildman–Crippen LogP) is 3.89. The topological polar surface area (TPSA) is 105 Å². The van der Waals surface area contributed by atoms with Gasteiger partial charge in [-0.2, -0.15) is 5.10 Å². The maximum Gasteiger partial charge on any atom is 0.296 e. The lowest BCUT2D eigenvalue weighted by Crippen LogP contribution is -2.23. The summed E-state index contributed by atoms with van der Waals surface area (Å²) in [5.41, 5.74) is 6.33. The highest BCUT2D eigenvalue weighted by Gasteiger charge is 2.18. The average Bonchev–Trinajstić information content (AvgIpc) is 3.22. The fourth-order valence-corrected chi connectivity index (χ4v) is 4.45. The molecule has 3 N–H and O–H groups in total. The Morgan fingerprint density at radius 3 is 2.72 bits per heavy atom. The highest BCUT2D eigenvalue weighted by Crippen LogP contribution is 2.25. The largest absolute Gasteiger partial charge is 0.366 e. The Bertz CT molecular complexity index is 1620. The molecule has 3 aromatic carbocycles. The third kappa shape index (κ3) is 5.68. The van der Waals surface area contributed by atoms with Crippen molar-refractivity contribution >= 4 is 42.1 Å². The summed E-state index contributed by atoms with van der Waals surface area (Å²) in [6.07, 6.45) is 6.49. The minimum Gasteiger partial charge on any atom is -0.366 e. The van der Waals surface area contributed by atoms with Crippen LogP contribution in [0.25, 0.3) is 11.4 Å². The smallest absolute Gasteiger partial charge is 0.296 e. The molecule has 5 rings (SSSR count). The summed E-state index contributed by atoms with van der Waals surface area (Å²) in [7, 11) is 6.21. The van der Waals surface area contributed by atoms with Gasteiger partial charge in [0, 0.05) is 36.1 Å². The average molecular weight is 516 g/mol. The van der Waals surface area contributed by atoms with E-state index in [4.69, 9.17) is 13.1 Å². The van der Waals surface area contributed by atoms with E-state index in [-0.39, 0.29) is 11.3 Å². The molecule has 1 aromatic heterocycles. The Balaban J connectivity index is 1.33. The second kappa shape index (κ2) is 11.2. The van der Waals surface area contributed by atoms with Crippen molar-refractivity contribution in [2.75, 3.05) is 5.32 Å². The molecule has 0 aliphatic carbocycles. The normalized spacial score (nSPS) is 12.5. The second-order valence-corrected chi connectivity index (χ2v) is 9.12. The van der Waals surface area contributed by atoms with E-state index in [0.29, 0.717) is 24.1 Å². The number of anilines is 1. The summed E-state index contributed by atoms with van der Waals surface area (Å²) >= 11 is 0. The quantitative estimate of drug-likeness (QED) is 0.108. The molecular formula is C30H25BN4O4. The van der Waals surface area contributed by atoms with Crippen LogP contribution in [0.15, 0.2) is 91.1 Å². The number of hydrogen-bond donors (Lipinski definition) is 3. The number of nitrogens with one attached hydrogen (secondary N) is 2. The highest BCUT2D eigenvalue weighted by molar-refractivity contribution is 6.46. The van der Waals surface area contributed by atoms with Crippen molar-refractivity contribution in [1.29, 1.82) is 0 Å².